The zero-order valence-corrected chi connectivity index (χ0v) is 15.5. The maximum atomic E-state index is 14.2. The number of rotatable bonds is 3. The van der Waals surface area contributed by atoms with Crippen LogP contribution in [0.15, 0.2) is 42.5 Å². The number of epoxide rings is 1. The predicted molar refractivity (Wildman–Crippen MR) is 102 cm³/mol. The molecule has 152 valence electrons. The molecule has 3 N–H and O–H groups in total. The molecule has 0 saturated carbocycles. The highest BCUT2D eigenvalue weighted by atomic mass is 19.4. The van der Waals surface area contributed by atoms with Gasteiger partial charge in [-0.15, -0.1) is 0 Å². The van der Waals surface area contributed by atoms with Crippen molar-refractivity contribution in [2.75, 3.05) is 24.5 Å². The lowest BCUT2D eigenvalue weighted by Crippen LogP contribution is -2.52. The van der Waals surface area contributed by atoms with Crippen molar-refractivity contribution in [3.63, 3.8) is 0 Å². The summed E-state index contributed by atoms with van der Waals surface area (Å²) in [7, 11) is 0. The van der Waals surface area contributed by atoms with Crippen LogP contribution in [0.1, 0.15) is 24.0 Å². The molecule has 29 heavy (non-hydrogen) atoms. The molecule has 0 spiro atoms. The van der Waals surface area contributed by atoms with Gasteiger partial charge in [-0.2, -0.15) is 13.2 Å². The van der Waals surface area contributed by atoms with Crippen LogP contribution in [0.3, 0.4) is 0 Å². The molecule has 0 aromatic heterocycles. The Hall–Kier alpha value is -2.87. The number of benzene rings is 2. The summed E-state index contributed by atoms with van der Waals surface area (Å²) in [5, 5.41) is 3.28. The number of halogens is 3. The van der Waals surface area contributed by atoms with Crippen molar-refractivity contribution < 1.29 is 27.4 Å². The molecule has 8 heteroatoms. The van der Waals surface area contributed by atoms with E-state index in [0.717, 1.165) is 5.56 Å². The van der Waals surface area contributed by atoms with E-state index in [9.17, 15) is 13.2 Å². The van der Waals surface area contributed by atoms with E-state index in [1.807, 2.05) is 0 Å². The van der Waals surface area contributed by atoms with E-state index in [1.54, 1.807) is 55.5 Å². The largest absolute Gasteiger partial charge is 0.454 e. The Labute approximate surface area is 165 Å². The molecular formula is C21H19F3N2O3. The van der Waals surface area contributed by atoms with Crippen LogP contribution < -0.4 is 20.5 Å². The van der Waals surface area contributed by atoms with Crippen LogP contribution in [-0.4, -0.2) is 30.7 Å². The molecule has 2 aromatic carbocycles. The second-order valence-corrected chi connectivity index (χ2v) is 7.74. The molecule has 3 heterocycles. The summed E-state index contributed by atoms with van der Waals surface area (Å²) in [6, 6.07) is 10.3. The minimum atomic E-state index is -4.56. The predicted octanol–water partition coefficient (Wildman–Crippen LogP) is 4.31. The highest BCUT2D eigenvalue weighted by Gasteiger charge is 2.73. The van der Waals surface area contributed by atoms with E-state index < -0.39 is 29.8 Å². The van der Waals surface area contributed by atoms with Gasteiger partial charge < -0.3 is 25.3 Å². The minimum Gasteiger partial charge on any atom is -0.454 e. The molecule has 5 nitrogen and oxygen atoms in total. The average molecular weight is 404 g/mol. The first-order chi connectivity index (χ1) is 13.8. The Morgan fingerprint density at radius 2 is 1.90 bits per heavy atom. The standard InChI is InChI=1S/C21H19F3N2O3/c1-19(9-8-12-14(25)5-3-6-15(12)26-19)18(20(10-29-20)21(22,23)24)13-4-2-7-16-17(13)28-11-27-16/h2-9,18,26H,10-11,25H2,1H3. The monoisotopic (exact) mass is 404 g/mol. The van der Waals surface area contributed by atoms with Crippen molar-refractivity contribution in [2.45, 2.75) is 30.2 Å². The zero-order valence-electron chi connectivity index (χ0n) is 15.5. The van der Waals surface area contributed by atoms with Crippen molar-refractivity contribution in [3.8, 4) is 11.5 Å². The van der Waals surface area contributed by atoms with Crippen LogP contribution in [0.25, 0.3) is 6.08 Å². The Kier molecular flexibility index (Phi) is 3.65. The topological polar surface area (TPSA) is 69.0 Å². The maximum Gasteiger partial charge on any atom is 0.420 e. The third-order valence-corrected chi connectivity index (χ3v) is 5.88. The number of anilines is 2. The summed E-state index contributed by atoms with van der Waals surface area (Å²) < 4.78 is 58.7. The molecule has 1 saturated heterocycles. The quantitative estimate of drug-likeness (QED) is 0.589. The van der Waals surface area contributed by atoms with E-state index in [1.165, 1.54) is 0 Å². The van der Waals surface area contributed by atoms with Crippen LogP contribution >= 0.6 is 0 Å². The van der Waals surface area contributed by atoms with E-state index in [4.69, 9.17) is 19.9 Å². The van der Waals surface area contributed by atoms with E-state index >= 15 is 0 Å². The van der Waals surface area contributed by atoms with Gasteiger partial charge in [-0.25, -0.2) is 0 Å². The molecule has 3 unspecified atom stereocenters. The van der Waals surface area contributed by atoms with Gasteiger partial charge in [-0.05, 0) is 25.1 Å². The number of nitrogens with one attached hydrogen (secondary N) is 1. The summed E-state index contributed by atoms with van der Waals surface area (Å²) >= 11 is 0. The first-order valence-electron chi connectivity index (χ1n) is 9.20. The number of nitrogen functional groups attached to an aromatic ring is 1. The summed E-state index contributed by atoms with van der Waals surface area (Å²) in [5.41, 5.74) is 4.95. The van der Waals surface area contributed by atoms with Gasteiger partial charge in [0.2, 0.25) is 6.79 Å². The Bertz CT molecular complexity index is 1020. The maximum absolute atomic E-state index is 14.2. The Balaban J connectivity index is 1.68. The number of alkyl halides is 3. The van der Waals surface area contributed by atoms with Gasteiger partial charge >= 0.3 is 6.18 Å². The van der Waals surface area contributed by atoms with Crippen molar-refractivity contribution >= 4 is 17.5 Å². The van der Waals surface area contributed by atoms with Crippen LogP contribution in [0.5, 0.6) is 11.5 Å². The van der Waals surface area contributed by atoms with Gasteiger partial charge in [-0.1, -0.05) is 30.4 Å². The van der Waals surface area contributed by atoms with Crippen LogP contribution in [0, 0.1) is 0 Å². The van der Waals surface area contributed by atoms with Gasteiger partial charge in [0.05, 0.1) is 18.1 Å². The lowest BCUT2D eigenvalue weighted by atomic mass is 9.70. The lowest BCUT2D eigenvalue weighted by molar-refractivity contribution is -0.193. The summed E-state index contributed by atoms with van der Waals surface area (Å²) in [4.78, 5) is 0. The smallest absolute Gasteiger partial charge is 0.420 e. The van der Waals surface area contributed by atoms with E-state index in [2.05, 4.69) is 5.32 Å². The number of ether oxygens (including phenoxy) is 3. The zero-order chi connectivity index (χ0) is 20.4. The SMILES string of the molecule is CC1(C(c2cccc3c2OCO3)C2(C(F)(F)F)CO2)C=Cc2c(N)cccc2N1. The van der Waals surface area contributed by atoms with Crippen LogP contribution in [0.2, 0.25) is 0 Å². The second kappa shape index (κ2) is 5.82. The molecule has 3 atom stereocenters. The lowest BCUT2D eigenvalue weighted by Gasteiger charge is -2.43. The van der Waals surface area contributed by atoms with Crippen molar-refractivity contribution in [1.82, 2.24) is 0 Å². The van der Waals surface area contributed by atoms with E-state index in [0.29, 0.717) is 28.4 Å². The number of para-hydroxylation sites is 1. The fourth-order valence-corrected chi connectivity index (χ4v) is 4.45. The molecular weight excluding hydrogens is 385 g/mol. The molecule has 0 radical (unpaired) electrons. The second-order valence-electron chi connectivity index (χ2n) is 7.74. The highest BCUT2D eigenvalue weighted by Crippen LogP contribution is 2.60. The van der Waals surface area contributed by atoms with Crippen molar-refractivity contribution in [2.24, 2.45) is 0 Å². The molecule has 3 aliphatic heterocycles. The van der Waals surface area contributed by atoms with E-state index in [-0.39, 0.29) is 6.79 Å². The highest BCUT2D eigenvalue weighted by molar-refractivity contribution is 5.81. The summed E-state index contributed by atoms with van der Waals surface area (Å²) in [5.74, 6) is -0.359. The molecule has 1 fully saturated rings. The third kappa shape index (κ3) is 2.58. The van der Waals surface area contributed by atoms with Crippen molar-refractivity contribution in [1.29, 1.82) is 0 Å². The van der Waals surface area contributed by atoms with Gasteiger partial charge in [-0.3, -0.25) is 0 Å². The molecule has 3 aliphatic rings. The van der Waals surface area contributed by atoms with Crippen LogP contribution in [0.4, 0.5) is 24.5 Å². The molecule has 0 bridgehead atoms. The van der Waals surface area contributed by atoms with Crippen molar-refractivity contribution in [3.05, 3.63) is 53.6 Å². The number of hydrogen-bond donors (Lipinski definition) is 2. The molecule has 2 aromatic rings. The minimum absolute atomic E-state index is 0.0295. The normalized spacial score (nSPS) is 27.9. The fourth-order valence-electron chi connectivity index (χ4n) is 4.45. The first-order valence-corrected chi connectivity index (χ1v) is 9.20. The fraction of sp³-hybridized carbons (Fsp3) is 0.333. The Morgan fingerprint density at radius 1 is 1.14 bits per heavy atom. The molecule has 5 rings (SSSR count). The first kappa shape index (κ1) is 18.2. The van der Waals surface area contributed by atoms with Gasteiger partial charge in [0, 0.05) is 22.5 Å². The van der Waals surface area contributed by atoms with Gasteiger partial charge in [0.25, 0.3) is 0 Å². The molecule has 0 amide bonds. The average Bonchev–Trinajstić information content (AvgIpc) is 3.31. The van der Waals surface area contributed by atoms with Crippen LogP contribution in [-0.2, 0) is 4.74 Å². The number of nitrogens with two attached hydrogens (primary N) is 1. The van der Waals surface area contributed by atoms with Gasteiger partial charge in [0.1, 0.15) is 0 Å². The number of hydrogen-bond acceptors (Lipinski definition) is 5. The third-order valence-electron chi connectivity index (χ3n) is 5.88. The number of fused-ring (bicyclic) bond motifs is 2. The summed E-state index contributed by atoms with van der Waals surface area (Å²) in [6.45, 7) is 1.28. The Morgan fingerprint density at radius 3 is 2.62 bits per heavy atom. The van der Waals surface area contributed by atoms with Gasteiger partial charge in [0.15, 0.2) is 17.1 Å². The summed E-state index contributed by atoms with van der Waals surface area (Å²) in [6.07, 6.45) is -1.07. The molecule has 0 aliphatic carbocycles.